The van der Waals surface area contributed by atoms with E-state index in [1.165, 1.54) is 25.0 Å². The molecule has 0 aromatic rings. The Kier molecular flexibility index (Phi) is 7.78. The zero-order chi connectivity index (χ0) is 25.1. The SMILES string of the molecule is C[Si](C)(C)C([Si](C)(C)C)([Si](C)(C)C)[Si]12[Si][Se](C([Si](C)(C)C)([Si](C)(C)C)[Si](C)(C)C)([Se]1)[Se]2. The van der Waals surface area contributed by atoms with Crippen LogP contribution >= 0.6 is 0 Å². The Morgan fingerprint density at radius 1 is 0.484 bits per heavy atom. The average Bonchev–Trinajstić information content (AvgIpc) is 2.22. The van der Waals surface area contributed by atoms with Crippen molar-refractivity contribution < 1.29 is 0 Å². The summed E-state index contributed by atoms with van der Waals surface area (Å²) < 4.78 is 1.99. The van der Waals surface area contributed by atoms with Crippen LogP contribution < -0.4 is 0 Å². The summed E-state index contributed by atoms with van der Waals surface area (Å²) in [6, 6.07) is 0. The molecular weight excluding hydrogens is 702 g/mol. The fourth-order valence-corrected chi connectivity index (χ4v) is 520. The van der Waals surface area contributed by atoms with Crippen LogP contribution in [0.5, 0.6) is 0 Å². The second-order valence-corrected chi connectivity index (χ2v) is 123. The van der Waals surface area contributed by atoms with Crippen LogP contribution in [-0.4, -0.2) is 94.4 Å². The van der Waals surface area contributed by atoms with Gasteiger partial charge in [0.05, 0.1) is 0 Å². The summed E-state index contributed by atoms with van der Waals surface area (Å²) >= 11 is 2.40. The zero-order valence-corrected chi connectivity index (χ0v) is 37.4. The molecule has 0 spiro atoms. The molecule has 0 atom stereocenters. The fraction of sp³-hybridized carbons (Fsp3) is 1.00. The van der Waals surface area contributed by atoms with Crippen molar-refractivity contribution in [3.63, 3.8) is 0 Å². The monoisotopic (exact) mass is 758 g/mol. The van der Waals surface area contributed by atoms with E-state index >= 15 is 0 Å². The van der Waals surface area contributed by atoms with Crippen molar-refractivity contribution in [1.29, 1.82) is 0 Å². The number of hydrogen-bond donors (Lipinski definition) is 0. The third-order valence-electron chi connectivity index (χ3n) is 8.18. The fourth-order valence-electron chi connectivity index (χ4n) is 10.4. The van der Waals surface area contributed by atoms with Gasteiger partial charge in [-0.2, -0.15) is 0 Å². The molecule has 184 valence electrons. The van der Waals surface area contributed by atoms with Crippen LogP contribution in [0.4, 0.5) is 0 Å². The summed E-state index contributed by atoms with van der Waals surface area (Å²) in [6.07, 6.45) is 0. The summed E-state index contributed by atoms with van der Waals surface area (Å²) in [7, 11) is -6.91. The molecule has 0 nitrogen and oxygen atoms in total. The molecule has 3 aliphatic heterocycles. The molecule has 2 radical (unpaired) electrons. The van der Waals surface area contributed by atoms with Gasteiger partial charge in [0.25, 0.3) is 0 Å². The van der Waals surface area contributed by atoms with E-state index in [4.69, 9.17) is 0 Å². The van der Waals surface area contributed by atoms with Gasteiger partial charge in [0.2, 0.25) is 0 Å². The number of rotatable bonds is 8. The standard InChI is InChI=1S/C20H54Se3Si8/c1-25(2,3)19(26(4,5)6,27(7,8)9)23-21-31(22-23,24-23)20(28(10,11)12,29(13,14)15)30(16,17)18/h1-18H3. The summed E-state index contributed by atoms with van der Waals surface area (Å²) in [4.78, 5) is -0.984. The van der Waals surface area contributed by atoms with Crippen LogP contribution in [0, 0.1) is 0 Å². The van der Waals surface area contributed by atoms with E-state index in [-0.39, 0.29) is 0 Å². The third kappa shape index (κ3) is 3.75. The molecule has 0 unspecified atom stereocenters. The van der Waals surface area contributed by atoms with Crippen molar-refractivity contribution in [3.8, 4) is 0 Å². The molecule has 3 fully saturated rings. The molecule has 0 amide bonds. The summed E-state index contributed by atoms with van der Waals surface area (Å²) in [5, 5.41) is 0. The Morgan fingerprint density at radius 2 is 0.710 bits per heavy atom. The molecule has 3 saturated heterocycles. The Hall–Kier alpha value is 3.29. The van der Waals surface area contributed by atoms with Gasteiger partial charge in [-0.25, -0.2) is 0 Å². The molecule has 31 heavy (non-hydrogen) atoms. The van der Waals surface area contributed by atoms with Gasteiger partial charge in [-0.3, -0.25) is 0 Å². The molecule has 11 heteroatoms. The summed E-state index contributed by atoms with van der Waals surface area (Å²) in [5.74, 6) is 0. The van der Waals surface area contributed by atoms with Gasteiger partial charge < -0.3 is 0 Å². The Morgan fingerprint density at radius 3 is 0.871 bits per heavy atom. The average molecular weight is 756 g/mol. The van der Waals surface area contributed by atoms with Crippen LogP contribution in [0.3, 0.4) is 0 Å². The third-order valence-corrected chi connectivity index (χ3v) is 268. The van der Waals surface area contributed by atoms with Gasteiger partial charge >= 0.3 is 219 Å². The van der Waals surface area contributed by atoms with E-state index in [1.54, 1.807) is 7.64 Å². The molecule has 3 aliphatic rings. The first-order valence-corrected chi connectivity index (χ1v) is 54.1. The van der Waals surface area contributed by atoms with Crippen molar-refractivity contribution in [1.82, 2.24) is 0 Å². The minimum atomic E-state index is -1.23. The van der Waals surface area contributed by atoms with Gasteiger partial charge in [0.15, 0.2) is 0 Å². The second kappa shape index (κ2) is 7.90. The predicted molar refractivity (Wildman–Crippen MR) is 174 cm³/mol. The molecule has 0 aliphatic carbocycles. The Labute approximate surface area is 217 Å². The summed E-state index contributed by atoms with van der Waals surface area (Å²) in [5.41, 5.74) is 0. The van der Waals surface area contributed by atoms with E-state index in [0.29, 0.717) is 0 Å². The van der Waals surface area contributed by atoms with Gasteiger partial charge in [-0.15, -0.1) is 0 Å². The van der Waals surface area contributed by atoms with Crippen molar-refractivity contribution >= 4 is 94.4 Å². The maximum absolute atomic E-state index is 2.86. The molecule has 0 aromatic heterocycles. The van der Waals surface area contributed by atoms with Gasteiger partial charge in [0.1, 0.15) is 0 Å². The van der Waals surface area contributed by atoms with Crippen LogP contribution in [0.25, 0.3) is 0 Å². The first-order chi connectivity index (χ1) is 13.1. The molecule has 2 bridgehead atoms. The summed E-state index contributed by atoms with van der Waals surface area (Å²) in [6.45, 7) is 51.4. The first-order valence-electron chi connectivity index (χ1n) is 12.1. The molecule has 3 rings (SSSR count). The van der Waals surface area contributed by atoms with E-state index in [0.717, 1.165) is 7.09 Å². The molecular formula is C20H54Se3Si8. The quantitative estimate of drug-likeness (QED) is 0.241. The van der Waals surface area contributed by atoms with E-state index < -0.39 is 61.8 Å². The Bertz CT molecular complexity index is 575. The zero-order valence-electron chi connectivity index (χ0n) is 24.2. The van der Waals surface area contributed by atoms with E-state index in [9.17, 15) is 0 Å². The topological polar surface area (TPSA) is 0 Å². The molecule has 0 saturated carbocycles. The normalized spacial score (nSPS) is 30.9. The van der Waals surface area contributed by atoms with E-state index in [1.807, 2.05) is 0 Å². The van der Waals surface area contributed by atoms with Gasteiger partial charge in [-0.05, 0) is 0 Å². The molecule has 0 N–H and O–H groups in total. The maximum atomic E-state index is 2.86. The Balaban J connectivity index is 2.77. The molecule has 0 aromatic carbocycles. The number of hydrogen-bond acceptors (Lipinski definition) is 0. The van der Waals surface area contributed by atoms with Crippen molar-refractivity contribution in [2.75, 3.05) is 0 Å². The van der Waals surface area contributed by atoms with Crippen molar-refractivity contribution in [2.24, 2.45) is 0 Å². The van der Waals surface area contributed by atoms with Crippen LogP contribution in [0.2, 0.25) is 125 Å². The van der Waals surface area contributed by atoms with E-state index in [2.05, 4.69) is 118 Å². The molecule has 3 heterocycles. The second-order valence-electron chi connectivity index (χ2n) is 16.3. The minimum absolute atomic E-state index is 0.984. The van der Waals surface area contributed by atoms with Crippen molar-refractivity contribution in [2.45, 2.75) is 125 Å². The van der Waals surface area contributed by atoms with Crippen molar-refractivity contribution in [3.05, 3.63) is 0 Å². The van der Waals surface area contributed by atoms with Gasteiger partial charge in [-0.1, -0.05) is 0 Å². The van der Waals surface area contributed by atoms with Crippen LogP contribution in [-0.2, 0) is 0 Å². The predicted octanol–water partition coefficient (Wildman–Crippen LogP) is 6.75. The van der Waals surface area contributed by atoms with Gasteiger partial charge in [0, 0.05) is 0 Å². The van der Waals surface area contributed by atoms with Crippen LogP contribution in [0.15, 0.2) is 0 Å². The first kappa shape index (κ1) is 30.5. The van der Waals surface area contributed by atoms with Crippen LogP contribution in [0.1, 0.15) is 0 Å².